The Bertz CT molecular complexity index is 234. The third kappa shape index (κ3) is 4.66. The van der Waals surface area contributed by atoms with Crippen LogP contribution in [0.1, 0.15) is 53.4 Å². The van der Waals surface area contributed by atoms with Crippen LogP contribution in [0.3, 0.4) is 0 Å². The highest BCUT2D eigenvalue weighted by Gasteiger charge is 2.27. The maximum atomic E-state index is 12.1. The molecular weight excluding hydrogens is 212 g/mol. The highest BCUT2D eigenvalue weighted by atomic mass is 16.2. The summed E-state index contributed by atoms with van der Waals surface area (Å²) < 4.78 is 0. The Morgan fingerprint density at radius 1 is 1.29 bits per heavy atom. The van der Waals surface area contributed by atoms with E-state index in [2.05, 4.69) is 12.2 Å². The molecule has 1 aliphatic rings. The van der Waals surface area contributed by atoms with E-state index in [0.717, 1.165) is 25.4 Å². The number of likely N-dealkylation sites (N-methyl/N-ethyl adjacent to an activating group) is 1. The minimum Gasteiger partial charge on any atom is -0.342 e. The van der Waals surface area contributed by atoms with Gasteiger partial charge >= 0.3 is 0 Å². The minimum atomic E-state index is -0.0430. The second-order valence-electron chi connectivity index (χ2n) is 5.18. The number of hydrogen-bond acceptors (Lipinski definition) is 2. The van der Waals surface area contributed by atoms with E-state index >= 15 is 0 Å². The predicted molar refractivity (Wildman–Crippen MR) is 71.9 cm³/mol. The molecule has 0 aromatic heterocycles. The molecule has 0 aromatic carbocycles. The molecule has 3 nitrogen and oxygen atoms in total. The SMILES string of the molecule is CCC(CC1CC1)NC(C)C(=O)N(CC)CC. The number of carbonyl (C=O) groups is 1. The van der Waals surface area contributed by atoms with Gasteiger partial charge in [0.1, 0.15) is 0 Å². The standard InChI is InChI=1S/C14H28N2O/c1-5-13(10-12-8-9-12)15-11(4)14(17)16(6-2)7-3/h11-13,15H,5-10H2,1-4H3. The van der Waals surface area contributed by atoms with E-state index in [9.17, 15) is 4.79 Å². The van der Waals surface area contributed by atoms with E-state index in [0.29, 0.717) is 6.04 Å². The third-order valence-corrected chi connectivity index (χ3v) is 3.74. The topological polar surface area (TPSA) is 32.3 Å². The molecule has 1 saturated carbocycles. The van der Waals surface area contributed by atoms with Crippen molar-refractivity contribution in [2.45, 2.75) is 65.5 Å². The largest absolute Gasteiger partial charge is 0.342 e. The second kappa shape index (κ2) is 7.00. The van der Waals surface area contributed by atoms with Crippen LogP contribution in [0.15, 0.2) is 0 Å². The molecule has 0 saturated heterocycles. The zero-order chi connectivity index (χ0) is 12.8. The van der Waals surface area contributed by atoms with Gasteiger partial charge in [-0.25, -0.2) is 0 Å². The Labute approximate surface area is 106 Å². The third-order valence-electron chi connectivity index (χ3n) is 3.74. The van der Waals surface area contributed by atoms with Crippen molar-refractivity contribution < 1.29 is 4.79 Å². The van der Waals surface area contributed by atoms with Crippen molar-refractivity contribution in [2.75, 3.05) is 13.1 Å². The van der Waals surface area contributed by atoms with Gasteiger partial charge in [-0.2, -0.15) is 0 Å². The van der Waals surface area contributed by atoms with Crippen LogP contribution in [-0.4, -0.2) is 36.0 Å². The van der Waals surface area contributed by atoms with Crippen LogP contribution < -0.4 is 5.32 Å². The van der Waals surface area contributed by atoms with Crippen LogP contribution in [0, 0.1) is 5.92 Å². The summed E-state index contributed by atoms with van der Waals surface area (Å²) in [5.41, 5.74) is 0. The van der Waals surface area contributed by atoms with Gasteiger partial charge in [0.05, 0.1) is 6.04 Å². The first-order valence-electron chi connectivity index (χ1n) is 7.17. The van der Waals surface area contributed by atoms with Gasteiger partial charge in [-0.15, -0.1) is 0 Å². The molecule has 1 fully saturated rings. The Balaban J connectivity index is 2.38. The lowest BCUT2D eigenvalue weighted by atomic mass is 10.1. The van der Waals surface area contributed by atoms with Crippen LogP contribution in [0.4, 0.5) is 0 Å². The molecule has 0 aliphatic heterocycles. The molecular formula is C14H28N2O. The Hall–Kier alpha value is -0.570. The molecule has 1 rings (SSSR count). The van der Waals surface area contributed by atoms with E-state index in [4.69, 9.17) is 0 Å². The highest BCUT2D eigenvalue weighted by Crippen LogP contribution is 2.34. The maximum absolute atomic E-state index is 12.1. The molecule has 0 heterocycles. The van der Waals surface area contributed by atoms with Gasteiger partial charge in [0.2, 0.25) is 5.91 Å². The van der Waals surface area contributed by atoms with E-state index in [-0.39, 0.29) is 11.9 Å². The van der Waals surface area contributed by atoms with Crippen LogP contribution in [0.2, 0.25) is 0 Å². The summed E-state index contributed by atoms with van der Waals surface area (Å²) in [5, 5.41) is 3.50. The van der Waals surface area contributed by atoms with Gasteiger partial charge in [0, 0.05) is 19.1 Å². The summed E-state index contributed by atoms with van der Waals surface area (Å²) in [4.78, 5) is 14.0. The molecule has 2 unspecified atom stereocenters. The first-order valence-corrected chi connectivity index (χ1v) is 7.17. The van der Waals surface area contributed by atoms with Crippen LogP contribution in [-0.2, 0) is 4.79 Å². The summed E-state index contributed by atoms with van der Waals surface area (Å²) in [6, 6.07) is 0.468. The average molecular weight is 240 g/mol. The van der Waals surface area contributed by atoms with Gasteiger partial charge in [-0.1, -0.05) is 19.8 Å². The van der Waals surface area contributed by atoms with Crippen molar-refractivity contribution in [2.24, 2.45) is 5.92 Å². The number of hydrogen-bond donors (Lipinski definition) is 1. The molecule has 0 bridgehead atoms. The normalized spacial score (nSPS) is 18.8. The van der Waals surface area contributed by atoms with Crippen molar-refractivity contribution in [3.8, 4) is 0 Å². The Kier molecular flexibility index (Phi) is 5.96. The zero-order valence-electron chi connectivity index (χ0n) is 11.8. The van der Waals surface area contributed by atoms with Gasteiger partial charge in [0.25, 0.3) is 0 Å². The smallest absolute Gasteiger partial charge is 0.239 e. The monoisotopic (exact) mass is 240 g/mol. The predicted octanol–water partition coefficient (Wildman–Crippen LogP) is 2.41. The lowest BCUT2D eigenvalue weighted by molar-refractivity contribution is -0.132. The summed E-state index contributed by atoms with van der Waals surface area (Å²) in [6.07, 6.45) is 5.13. The fourth-order valence-electron chi connectivity index (χ4n) is 2.34. The molecule has 1 amide bonds. The van der Waals surface area contributed by atoms with Crippen LogP contribution >= 0.6 is 0 Å². The Morgan fingerprint density at radius 3 is 2.29 bits per heavy atom. The molecule has 0 radical (unpaired) electrons. The van der Waals surface area contributed by atoms with Crippen molar-refractivity contribution in [1.82, 2.24) is 10.2 Å². The number of nitrogens with one attached hydrogen (secondary N) is 1. The lowest BCUT2D eigenvalue weighted by Crippen LogP contribution is -2.48. The second-order valence-corrected chi connectivity index (χ2v) is 5.18. The van der Waals surface area contributed by atoms with Gasteiger partial charge in [-0.3, -0.25) is 4.79 Å². The van der Waals surface area contributed by atoms with E-state index in [1.54, 1.807) is 0 Å². The van der Waals surface area contributed by atoms with E-state index in [1.807, 2.05) is 25.7 Å². The van der Waals surface area contributed by atoms with Crippen LogP contribution in [0.25, 0.3) is 0 Å². The summed E-state index contributed by atoms with van der Waals surface area (Å²) in [5.74, 6) is 1.16. The first kappa shape index (κ1) is 14.5. The number of nitrogens with zero attached hydrogens (tertiary/aromatic N) is 1. The average Bonchev–Trinajstić information content (AvgIpc) is 3.13. The number of carbonyl (C=O) groups excluding carboxylic acids is 1. The zero-order valence-corrected chi connectivity index (χ0v) is 11.8. The molecule has 0 aromatic rings. The van der Waals surface area contributed by atoms with Crippen molar-refractivity contribution >= 4 is 5.91 Å². The molecule has 3 heteroatoms. The van der Waals surface area contributed by atoms with Gasteiger partial charge in [-0.05, 0) is 39.5 Å². The summed E-state index contributed by atoms with van der Waals surface area (Å²) >= 11 is 0. The molecule has 0 spiro atoms. The summed E-state index contributed by atoms with van der Waals surface area (Å²) in [6.45, 7) is 9.89. The van der Waals surface area contributed by atoms with Crippen LogP contribution in [0.5, 0.6) is 0 Å². The Morgan fingerprint density at radius 2 is 1.88 bits per heavy atom. The van der Waals surface area contributed by atoms with E-state index in [1.165, 1.54) is 19.3 Å². The number of amides is 1. The van der Waals surface area contributed by atoms with Crippen molar-refractivity contribution in [3.63, 3.8) is 0 Å². The first-order chi connectivity index (χ1) is 8.12. The summed E-state index contributed by atoms with van der Waals surface area (Å²) in [7, 11) is 0. The highest BCUT2D eigenvalue weighted by molar-refractivity contribution is 5.81. The van der Waals surface area contributed by atoms with Crippen molar-refractivity contribution in [3.05, 3.63) is 0 Å². The van der Waals surface area contributed by atoms with E-state index < -0.39 is 0 Å². The fraction of sp³-hybridized carbons (Fsp3) is 0.929. The molecule has 1 N–H and O–H groups in total. The molecule has 1 aliphatic carbocycles. The molecule has 2 atom stereocenters. The molecule has 100 valence electrons. The fourth-order valence-corrected chi connectivity index (χ4v) is 2.34. The maximum Gasteiger partial charge on any atom is 0.239 e. The molecule has 17 heavy (non-hydrogen) atoms. The van der Waals surface area contributed by atoms with Crippen molar-refractivity contribution in [1.29, 1.82) is 0 Å². The number of rotatable bonds is 8. The minimum absolute atomic E-state index is 0.0430. The van der Waals surface area contributed by atoms with Gasteiger partial charge < -0.3 is 10.2 Å². The van der Waals surface area contributed by atoms with Gasteiger partial charge in [0.15, 0.2) is 0 Å². The lowest BCUT2D eigenvalue weighted by Gasteiger charge is -2.27. The quantitative estimate of drug-likeness (QED) is 0.706.